The van der Waals surface area contributed by atoms with Crippen molar-refractivity contribution in [3.05, 3.63) is 24.3 Å². The molecule has 5 heteroatoms. The van der Waals surface area contributed by atoms with E-state index >= 15 is 0 Å². The molecule has 0 saturated carbocycles. The molecule has 0 aromatic heterocycles. The maximum atomic E-state index is 12.0. The van der Waals surface area contributed by atoms with Crippen molar-refractivity contribution in [1.82, 2.24) is 0 Å². The molecule has 0 aliphatic heterocycles. The van der Waals surface area contributed by atoms with Gasteiger partial charge in [0.15, 0.2) is 0 Å². The first-order chi connectivity index (χ1) is 9.24. The second-order valence-electron chi connectivity index (χ2n) is 5.82. The summed E-state index contributed by atoms with van der Waals surface area (Å²) < 4.78 is 0. The molecule has 1 rings (SSSR count). The van der Waals surface area contributed by atoms with Gasteiger partial charge in [-0.05, 0) is 23.6 Å². The highest BCUT2D eigenvalue weighted by Gasteiger charge is 2.27. The van der Waals surface area contributed by atoms with Crippen LogP contribution in [0.2, 0.25) is 0 Å². The number of nitrogens with two attached hydrogens (primary N) is 1. The number of hydrogen-bond acceptors (Lipinski definition) is 3. The Morgan fingerprint density at radius 2 is 1.75 bits per heavy atom. The number of carbonyl (C=O) groups is 2. The fourth-order valence-corrected chi connectivity index (χ4v) is 1.54. The first-order valence-electron chi connectivity index (χ1n) is 6.70. The molecule has 0 fully saturated rings. The maximum Gasteiger partial charge on any atom is 0.241 e. The summed E-state index contributed by atoms with van der Waals surface area (Å²) in [6.45, 7) is 7.52. The third-order valence-electron chi connectivity index (χ3n) is 2.95. The maximum absolute atomic E-state index is 12.0. The van der Waals surface area contributed by atoms with E-state index in [1.165, 1.54) is 0 Å². The zero-order chi connectivity index (χ0) is 15.3. The van der Waals surface area contributed by atoms with E-state index in [4.69, 9.17) is 5.73 Å². The molecule has 0 aliphatic carbocycles. The Morgan fingerprint density at radius 1 is 1.20 bits per heavy atom. The normalized spacial score (nSPS) is 12.7. The van der Waals surface area contributed by atoms with Crippen molar-refractivity contribution < 1.29 is 9.59 Å². The van der Waals surface area contributed by atoms with Gasteiger partial charge in [0.1, 0.15) is 0 Å². The van der Waals surface area contributed by atoms with Crippen LogP contribution in [0.4, 0.5) is 11.4 Å². The zero-order valence-corrected chi connectivity index (χ0v) is 12.5. The molecule has 20 heavy (non-hydrogen) atoms. The number of amides is 2. The van der Waals surface area contributed by atoms with Crippen LogP contribution in [0.3, 0.4) is 0 Å². The molecule has 0 bridgehead atoms. The van der Waals surface area contributed by atoms with Crippen LogP contribution >= 0.6 is 0 Å². The summed E-state index contributed by atoms with van der Waals surface area (Å²) in [7, 11) is 0. The van der Waals surface area contributed by atoms with Crippen LogP contribution < -0.4 is 16.4 Å². The summed E-state index contributed by atoms with van der Waals surface area (Å²) in [5.74, 6) is -0.309. The summed E-state index contributed by atoms with van der Waals surface area (Å²) >= 11 is 0. The van der Waals surface area contributed by atoms with Crippen molar-refractivity contribution in [2.24, 2.45) is 11.1 Å². The topological polar surface area (TPSA) is 84.2 Å². The number of rotatable bonds is 4. The number of anilines is 2. The van der Waals surface area contributed by atoms with E-state index in [0.29, 0.717) is 17.8 Å². The highest BCUT2D eigenvalue weighted by molar-refractivity contribution is 5.96. The molecule has 0 radical (unpaired) electrons. The van der Waals surface area contributed by atoms with Gasteiger partial charge in [-0.1, -0.05) is 33.8 Å². The van der Waals surface area contributed by atoms with Crippen molar-refractivity contribution >= 4 is 23.2 Å². The average Bonchev–Trinajstić information content (AvgIpc) is 2.36. The van der Waals surface area contributed by atoms with Gasteiger partial charge in [-0.25, -0.2) is 0 Å². The van der Waals surface area contributed by atoms with Gasteiger partial charge in [0.25, 0.3) is 0 Å². The molecule has 0 aliphatic rings. The van der Waals surface area contributed by atoms with Gasteiger partial charge in [-0.2, -0.15) is 0 Å². The zero-order valence-electron chi connectivity index (χ0n) is 12.5. The van der Waals surface area contributed by atoms with Crippen LogP contribution in [0.5, 0.6) is 0 Å². The van der Waals surface area contributed by atoms with Crippen LogP contribution in [0.1, 0.15) is 34.1 Å². The first-order valence-corrected chi connectivity index (χ1v) is 6.70. The minimum absolute atomic E-state index is 0.0696. The van der Waals surface area contributed by atoms with E-state index in [0.717, 1.165) is 0 Å². The first kappa shape index (κ1) is 16.2. The van der Waals surface area contributed by atoms with Crippen molar-refractivity contribution in [3.8, 4) is 0 Å². The molecule has 0 saturated heterocycles. The van der Waals surface area contributed by atoms with Crippen LogP contribution in [0.25, 0.3) is 0 Å². The van der Waals surface area contributed by atoms with Gasteiger partial charge in [-0.15, -0.1) is 0 Å². The number of nitrogens with one attached hydrogen (secondary N) is 2. The Hall–Kier alpha value is -1.88. The average molecular weight is 277 g/mol. The van der Waals surface area contributed by atoms with Crippen molar-refractivity contribution in [2.45, 2.75) is 40.2 Å². The summed E-state index contributed by atoms with van der Waals surface area (Å²) in [5.41, 5.74) is 6.86. The molecule has 0 heterocycles. The fraction of sp³-hybridized carbons (Fsp3) is 0.467. The summed E-state index contributed by atoms with van der Waals surface area (Å²) in [5, 5.41) is 5.51. The SMILES string of the molecule is CCC(=O)Nc1cccc(NC(=O)C(N)C(C)(C)C)c1. The monoisotopic (exact) mass is 277 g/mol. The fourth-order valence-electron chi connectivity index (χ4n) is 1.54. The molecule has 1 aromatic rings. The molecule has 1 unspecified atom stereocenters. The minimum atomic E-state index is -0.601. The van der Waals surface area contributed by atoms with Gasteiger partial charge in [0, 0.05) is 17.8 Å². The molecule has 4 N–H and O–H groups in total. The van der Waals surface area contributed by atoms with Crippen molar-refractivity contribution in [2.75, 3.05) is 10.6 Å². The number of carbonyl (C=O) groups excluding carboxylic acids is 2. The van der Waals surface area contributed by atoms with Crippen LogP contribution in [0, 0.1) is 5.41 Å². The molecule has 1 atom stereocenters. The lowest BCUT2D eigenvalue weighted by molar-refractivity contribution is -0.119. The van der Waals surface area contributed by atoms with Crippen molar-refractivity contribution in [1.29, 1.82) is 0 Å². The minimum Gasteiger partial charge on any atom is -0.326 e. The Labute approximate surface area is 119 Å². The van der Waals surface area contributed by atoms with Crippen LogP contribution in [-0.4, -0.2) is 17.9 Å². The predicted molar refractivity (Wildman–Crippen MR) is 81.4 cm³/mol. The Bertz CT molecular complexity index is 492. The van der Waals surface area contributed by atoms with Crippen LogP contribution in [0.15, 0.2) is 24.3 Å². The molecule has 2 amide bonds. The Morgan fingerprint density at radius 3 is 2.25 bits per heavy atom. The van der Waals surface area contributed by atoms with E-state index in [9.17, 15) is 9.59 Å². The summed E-state index contributed by atoms with van der Waals surface area (Å²) in [6, 6.07) is 6.41. The van der Waals surface area contributed by atoms with Gasteiger partial charge >= 0.3 is 0 Å². The highest BCUT2D eigenvalue weighted by Crippen LogP contribution is 2.20. The van der Waals surface area contributed by atoms with E-state index in [-0.39, 0.29) is 17.2 Å². The molecule has 5 nitrogen and oxygen atoms in total. The van der Waals surface area contributed by atoms with E-state index < -0.39 is 6.04 Å². The largest absolute Gasteiger partial charge is 0.326 e. The van der Waals surface area contributed by atoms with E-state index in [1.54, 1.807) is 31.2 Å². The molecular weight excluding hydrogens is 254 g/mol. The van der Waals surface area contributed by atoms with Gasteiger partial charge in [0.2, 0.25) is 11.8 Å². The third kappa shape index (κ3) is 4.66. The lowest BCUT2D eigenvalue weighted by Gasteiger charge is -2.25. The van der Waals surface area contributed by atoms with Gasteiger partial charge in [0.05, 0.1) is 6.04 Å². The van der Waals surface area contributed by atoms with Crippen LogP contribution in [-0.2, 0) is 9.59 Å². The molecule has 0 spiro atoms. The Kier molecular flexibility index (Phi) is 5.27. The second-order valence-corrected chi connectivity index (χ2v) is 5.82. The van der Waals surface area contributed by atoms with E-state index in [2.05, 4.69) is 10.6 Å². The molecular formula is C15H23N3O2. The third-order valence-corrected chi connectivity index (χ3v) is 2.95. The second kappa shape index (κ2) is 6.52. The number of benzene rings is 1. The quantitative estimate of drug-likeness (QED) is 0.789. The standard InChI is InChI=1S/C15H23N3O2/c1-5-12(19)17-10-7-6-8-11(9-10)18-14(20)13(16)15(2,3)4/h6-9,13H,5,16H2,1-4H3,(H,17,19)(H,18,20). The number of hydrogen-bond donors (Lipinski definition) is 3. The predicted octanol–water partition coefficient (Wildman–Crippen LogP) is 2.35. The summed E-state index contributed by atoms with van der Waals surface area (Å²) in [4.78, 5) is 23.4. The van der Waals surface area contributed by atoms with E-state index in [1.807, 2.05) is 20.8 Å². The lowest BCUT2D eigenvalue weighted by Crippen LogP contribution is -2.45. The Balaban J connectivity index is 2.76. The molecule has 110 valence electrons. The highest BCUT2D eigenvalue weighted by atomic mass is 16.2. The van der Waals surface area contributed by atoms with Crippen molar-refractivity contribution in [3.63, 3.8) is 0 Å². The summed E-state index contributed by atoms with van der Waals surface area (Å²) in [6.07, 6.45) is 0.408. The molecule has 1 aromatic carbocycles. The lowest BCUT2D eigenvalue weighted by atomic mass is 9.87. The van der Waals surface area contributed by atoms with Gasteiger partial charge in [-0.3, -0.25) is 9.59 Å². The smallest absolute Gasteiger partial charge is 0.241 e. The van der Waals surface area contributed by atoms with Gasteiger partial charge < -0.3 is 16.4 Å².